The van der Waals surface area contributed by atoms with Crippen molar-refractivity contribution in [3.05, 3.63) is 70.5 Å². The highest BCUT2D eigenvalue weighted by Crippen LogP contribution is 2.29. The number of carbonyl (C=O) groups excluding carboxylic acids is 1. The van der Waals surface area contributed by atoms with E-state index in [4.69, 9.17) is 0 Å². The van der Waals surface area contributed by atoms with E-state index in [0.717, 1.165) is 24.8 Å². The lowest BCUT2D eigenvalue weighted by molar-refractivity contribution is 0.0928. The fourth-order valence-electron chi connectivity index (χ4n) is 2.96. The molecule has 0 aromatic heterocycles. The summed E-state index contributed by atoms with van der Waals surface area (Å²) in [6.45, 7) is 1.67. The Labute approximate surface area is 124 Å². The van der Waals surface area contributed by atoms with Gasteiger partial charge in [0.25, 0.3) is 5.91 Å². The van der Waals surface area contributed by atoms with Crippen molar-refractivity contribution >= 4 is 5.91 Å². The first kappa shape index (κ1) is 13.8. The largest absolute Gasteiger partial charge is 0.345 e. The molecule has 21 heavy (non-hydrogen) atoms. The minimum absolute atomic E-state index is 0.0256. The van der Waals surface area contributed by atoms with Crippen LogP contribution in [0.2, 0.25) is 0 Å². The van der Waals surface area contributed by atoms with Gasteiger partial charge in [0.15, 0.2) is 0 Å². The van der Waals surface area contributed by atoms with Gasteiger partial charge in [0.2, 0.25) is 0 Å². The number of hydrogen-bond donors (Lipinski definition) is 1. The maximum absolute atomic E-state index is 14.0. The van der Waals surface area contributed by atoms with E-state index in [1.807, 2.05) is 18.2 Å². The van der Waals surface area contributed by atoms with Gasteiger partial charge in [-0.25, -0.2) is 4.39 Å². The predicted octanol–water partition coefficient (Wildman–Crippen LogP) is 3.94. The standard InChI is InChI=1S/C18H18FNO/c1-12-6-4-10-15(17(12)19)18(21)20-16-11-5-8-13-7-2-3-9-14(13)16/h2-4,6-7,9-10,16H,5,8,11H2,1H3,(H,20,21). The van der Waals surface area contributed by atoms with E-state index in [0.29, 0.717) is 5.56 Å². The van der Waals surface area contributed by atoms with Gasteiger partial charge in [-0.2, -0.15) is 0 Å². The first-order chi connectivity index (χ1) is 10.2. The Hall–Kier alpha value is -2.16. The molecule has 0 aliphatic heterocycles. The Kier molecular flexibility index (Phi) is 3.74. The first-order valence-electron chi connectivity index (χ1n) is 7.30. The zero-order valence-electron chi connectivity index (χ0n) is 12.0. The second-order valence-electron chi connectivity index (χ2n) is 5.55. The molecular weight excluding hydrogens is 265 g/mol. The van der Waals surface area contributed by atoms with Gasteiger partial charge in [0.05, 0.1) is 11.6 Å². The van der Waals surface area contributed by atoms with Gasteiger partial charge in [-0.1, -0.05) is 36.4 Å². The van der Waals surface area contributed by atoms with E-state index in [2.05, 4.69) is 11.4 Å². The van der Waals surface area contributed by atoms with Gasteiger partial charge in [0.1, 0.15) is 5.82 Å². The van der Waals surface area contributed by atoms with Crippen LogP contribution in [0.1, 0.15) is 45.9 Å². The Bertz CT molecular complexity index is 681. The van der Waals surface area contributed by atoms with Crippen molar-refractivity contribution in [1.29, 1.82) is 0 Å². The van der Waals surface area contributed by atoms with Crippen molar-refractivity contribution in [2.24, 2.45) is 0 Å². The monoisotopic (exact) mass is 283 g/mol. The van der Waals surface area contributed by atoms with Crippen LogP contribution < -0.4 is 5.32 Å². The van der Waals surface area contributed by atoms with Crippen molar-refractivity contribution in [2.75, 3.05) is 0 Å². The summed E-state index contributed by atoms with van der Waals surface area (Å²) in [5.74, 6) is -0.767. The number of benzene rings is 2. The van der Waals surface area contributed by atoms with Crippen LogP contribution in [0.5, 0.6) is 0 Å². The molecule has 3 heteroatoms. The van der Waals surface area contributed by atoms with E-state index >= 15 is 0 Å². The minimum Gasteiger partial charge on any atom is -0.345 e. The molecule has 0 spiro atoms. The van der Waals surface area contributed by atoms with Crippen LogP contribution >= 0.6 is 0 Å². The van der Waals surface area contributed by atoms with Crippen LogP contribution in [-0.4, -0.2) is 5.91 Å². The summed E-state index contributed by atoms with van der Waals surface area (Å²) >= 11 is 0. The number of hydrogen-bond acceptors (Lipinski definition) is 1. The molecule has 1 amide bonds. The number of rotatable bonds is 2. The number of halogens is 1. The van der Waals surface area contributed by atoms with Crippen LogP contribution in [0.15, 0.2) is 42.5 Å². The van der Waals surface area contributed by atoms with Gasteiger partial charge in [-0.15, -0.1) is 0 Å². The molecule has 2 aromatic rings. The lowest BCUT2D eigenvalue weighted by Gasteiger charge is -2.26. The third-order valence-corrected chi connectivity index (χ3v) is 4.11. The molecule has 2 nitrogen and oxygen atoms in total. The Balaban J connectivity index is 1.85. The molecule has 0 saturated carbocycles. The molecule has 0 saturated heterocycles. The van der Waals surface area contributed by atoms with Crippen molar-refractivity contribution in [2.45, 2.75) is 32.2 Å². The summed E-state index contributed by atoms with van der Waals surface area (Å²) < 4.78 is 14.0. The minimum atomic E-state index is -0.431. The number of nitrogens with one attached hydrogen (secondary N) is 1. The normalized spacial score (nSPS) is 17.1. The number of carbonyl (C=O) groups is 1. The molecule has 1 atom stereocenters. The predicted molar refractivity (Wildman–Crippen MR) is 80.7 cm³/mol. The maximum Gasteiger partial charge on any atom is 0.254 e. The molecule has 1 aliphatic rings. The molecular formula is C18H18FNO. The van der Waals surface area contributed by atoms with Gasteiger partial charge >= 0.3 is 0 Å². The lowest BCUT2D eigenvalue weighted by atomic mass is 9.87. The zero-order valence-corrected chi connectivity index (χ0v) is 12.0. The average molecular weight is 283 g/mol. The summed E-state index contributed by atoms with van der Waals surface area (Å²) in [5, 5.41) is 2.98. The van der Waals surface area contributed by atoms with Crippen LogP contribution in [0.4, 0.5) is 4.39 Å². The maximum atomic E-state index is 14.0. The molecule has 1 unspecified atom stereocenters. The molecule has 0 heterocycles. The Morgan fingerprint density at radius 1 is 1.19 bits per heavy atom. The van der Waals surface area contributed by atoms with E-state index in [1.165, 1.54) is 11.6 Å². The van der Waals surface area contributed by atoms with Crippen molar-refractivity contribution < 1.29 is 9.18 Å². The number of fused-ring (bicyclic) bond motifs is 1. The summed E-state index contributed by atoms with van der Waals surface area (Å²) in [7, 11) is 0. The quantitative estimate of drug-likeness (QED) is 0.888. The molecule has 1 N–H and O–H groups in total. The van der Waals surface area contributed by atoms with Crippen molar-refractivity contribution in [3.63, 3.8) is 0 Å². The Morgan fingerprint density at radius 2 is 2.00 bits per heavy atom. The number of amides is 1. The van der Waals surface area contributed by atoms with Crippen LogP contribution in [0.3, 0.4) is 0 Å². The van der Waals surface area contributed by atoms with Crippen LogP contribution in [0, 0.1) is 12.7 Å². The number of aryl methyl sites for hydroxylation is 2. The zero-order chi connectivity index (χ0) is 14.8. The van der Waals surface area contributed by atoms with Gasteiger partial charge in [-0.3, -0.25) is 4.79 Å². The second kappa shape index (κ2) is 5.68. The molecule has 3 rings (SSSR count). The highest BCUT2D eigenvalue weighted by Gasteiger charge is 2.23. The molecule has 1 aliphatic carbocycles. The fourth-order valence-corrected chi connectivity index (χ4v) is 2.96. The van der Waals surface area contributed by atoms with Gasteiger partial charge in [-0.05, 0) is 48.9 Å². The van der Waals surface area contributed by atoms with E-state index < -0.39 is 5.82 Å². The van der Waals surface area contributed by atoms with E-state index in [9.17, 15) is 9.18 Å². The smallest absolute Gasteiger partial charge is 0.254 e. The van der Waals surface area contributed by atoms with E-state index in [-0.39, 0.29) is 17.5 Å². The van der Waals surface area contributed by atoms with Crippen molar-refractivity contribution in [1.82, 2.24) is 5.32 Å². The summed E-state index contributed by atoms with van der Waals surface area (Å²) in [6.07, 6.45) is 2.98. The molecule has 108 valence electrons. The highest BCUT2D eigenvalue weighted by atomic mass is 19.1. The first-order valence-corrected chi connectivity index (χ1v) is 7.30. The summed E-state index contributed by atoms with van der Waals surface area (Å²) in [4.78, 5) is 12.3. The SMILES string of the molecule is Cc1cccc(C(=O)NC2CCCc3ccccc32)c1F. The summed E-state index contributed by atoms with van der Waals surface area (Å²) in [5.41, 5.74) is 3.05. The third kappa shape index (κ3) is 2.68. The molecule has 2 aromatic carbocycles. The Morgan fingerprint density at radius 3 is 2.86 bits per heavy atom. The molecule has 0 fully saturated rings. The van der Waals surface area contributed by atoms with Crippen LogP contribution in [-0.2, 0) is 6.42 Å². The van der Waals surface area contributed by atoms with Crippen LogP contribution in [0.25, 0.3) is 0 Å². The molecule has 0 bridgehead atoms. The second-order valence-corrected chi connectivity index (χ2v) is 5.55. The topological polar surface area (TPSA) is 29.1 Å². The molecule has 0 radical (unpaired) electrons. The third-order valence-electron chi connectivity index (χ3n) is 4.11. The van der Waals surface area contributed by atoms with E-state index in [1.54, 1.807) is 19.1 Å². The average Bonchev–Trinajstić information content (AvgIpc) is 2.50. The van der Waals surface area contributed by atoms with Gasteiger partial charge in [0, 0.05) is 0 Å². The fraction of sp³-hybridized carbons (Fsp3) is 0.278. The highest BCUT2D eigenvalue weighted by molar-refractivity contribution is 5.95. The summed E-state index contributed by atoms with van der Waals surface area (Å²) in [6, 6.07) is 13.0. The van der Waals surface area contributed by atoms with Gasteiger partial charge < -0.3 is 5.32 Å². The van der Waals surface area contributed by atoms with Crippen molar-refractivity contribution in [3.8, 4) is 0 Å². The lowest BCUT2D eigenvalue weighted by Crippen LogP contribution is -2.31.